The van der Waals surface area contributed by atoms with Gasteiger partial charge in [-0.05, 0) is 33.6 Å². The van der Waals surface area contributed by atoms with Crippen LogP contribution in [0.2, 0.25) is 5.02 Å². The van der Waals surface area contributed by atoms with Crippen molar-refractivity contribution < 1.29 is 9.53 Å². The van der Waals surface area contributed by atoms with Crippen molar-refractivity contribution in [3.8, 4) is 0 Å². The summed E-state index contributed by atoms with van der Waals surface area (Å²) in [5.41, 5.74) is 0.800. The second-order valence-corrected chi connectivity index (χ2v) is 5.45. The summed E-state index contributed by atoms with van der Waals surface area (Å²) < 4.78 is 7.21. The van der Waals surface area contributed by atoms with Crippen molar-refractivity contribution in [2.45, 2.75) is 51.8 Å². The Hall–Kier alpha value is -1.07. The number of ether oxygens (including phenoxy) is 1. The van der Waals surface area contributed by atoms with E-state index in [9.17, 15) is 4.79 Å². The van der Waals surface area contributed by atoms with Crippen LogP contribution in [-0.4, -0.2) is 34.4 Å². The molecule has 0 aromatic carbocycles. The molecule has 0 bridgehead atoms. The molecule has 1 aromatic heterocycles. The van der Waals surface area contributed by atoms with Crippen LogP contribution < -0.4 is 5.32 Å². The van der Waals surface area contributed by atoms with E-state index < -0.39 is 0 Å². The van der Waals surface area contributed by atoms with E-state index in [1.54, 1.807) is 10.9 Å². The highest BCUT2D eigenvalue weighted by Gasteiger charge is 2.26. The minimum atomic E-state index is -0.378. The van der Waals surface area contributed by atoms with Gasteiger partial charge in [-0.1, -0.05) is 11.6 Å². The predicted octanol–water partition coefficient (Wildman–Crippen LogP) is 2.09. The van der Waals surface area contributed by atoms with E-state index in [2.05, 4.69) is 10.4 Å². The lowest BCUT2D eigenvalue weighted by Crippen LogP contribution is -2.43. The number of amides is 1. The average Bonchev–Trinajstić information content (AvgIpc) is 3.00. The first-order valence-electron chi connectivity index (χ1n) is 6.62. The van der Waals surface area contributed by atoms with Crippen LogP contribution in [0.4, 0.5) is 0 Å². The first-order valence-corrected chi connectivity index (χ1v) is 7.00. The van der Waals surface area contributed by atoms with Crippen LogP contribution in [0, 0.1) is 6.92 Å². The maximum atomic E-state index is 12.2. The molecular weight excluding hydrogens is 266 g/mol. The summed E-state index contributed by atoms with van der Waals surface area (Å²) >= 11 is 5.95. The average molecular weight is 286 g/mol. The molecule has 0 radical (unpaired) electrons. The number of carbonyl (C=O) groups excluding carboxylic acids is 1. The normalized spacial score (nSPS) is 22.2. The number of carbonyl (C=O) groups is 1. The number of rotatable bonds is 4. The van der Waals surface area contributed by atoms with Crippen molar-refractivity contribution >= 4 is 17.5 Å². The molecule has 6 heteroatoms. The predicted molar refractivity (Wildman–Crippen MR) is 73.3 cm³/mol. The van der Waals surface area contributed by atoms with E-state index in [0.717, 1.165) is 25.1 Å². The van der Waals surface area contributed by atoms with Gasteiger partial charge in [-0.15, -0.1) is 0 Å². The summed E-state index contributed by atoms with van der Waals surface area (Å²) in [7, 11) is 0. The zero-order chi connectivity index (χ0) is 14.0. The van der Waals surface area contributed by atoms with Gasteiger partial charge in [0.15, 0.2) is 0 Å². The van der Waals surface area contributed by atoms with Crippen LogP contribution in [0.1, 0.15) is 38.4 Å². The summed E-state index contributed by atoms with van der Waals surface area (Å²) in [6, 6.07) is -0.361. The molecule has 1 N–H and O–H groups in total. The Kier molecular flexibility index (Phi) is 4.47. The van der Waals surface area contributed by atoms with Gasteiger partial charge in [0.25, 0.3) is 0 Å². The molecule has 1 aliphatic rings. The molecule has 106 valence electrons. The van der Waals surface area contributed by atoms with Crippen LogP contribution in [-0.2, 0) is 9.53 Å². The first kappa shape index (κ1) is 14.3. The van der Waals surface area contributed by atoms with Gasteiger partial charge in [-0.25, -0.2) is 0 Å². The van der Waals surface area contributed by atoms with Crippen molar-refractivity contribution in [2.24, 2.45) is 0 Å². The number of hydrogen-bond acceptors (Lipinski definition) is 3. The standard InChI is InChI=1S/C13H20ClN3O2/c1-8(12-5-4-6-19-12)16-13(18)10(3)17-9(2)11(14)7-15-17/h7-8,10,12H,4-6H2,1-3H3,(H,16,18)/t8-,10+,12+/m0/s1. The molecule has 1 aromatic rings. The SMILES string of the molecule is Cc1c(Cl)cnn1[C@H](C)C(=O)N[C@@H](C)[C@H]1CCCO1. The number of hydrogen-bond donors (Lipinski definition) is 1. The fourth-order valence-electron chi connectivity index (χ4n) is 2.34. The molecule has 0 aliphatic carbocycles. The Labute approximate surface area is 118 Å². The smallest absolute Gasteiger partial charge is 0.244 e. The molecule has 0 spiro atoms. The summed E-state index contributed by atoms with van der Waals surface area (Å²) in [6.45, 7) is 6.42. The lowest BCUT2D eigenvalue weighted by Gasteiger charge is -2.22. The molecule has 2 heterocycles. The Morgan fingerprint density at radius 2 is 2.37 bits per heavy atom. The third-order valence-corrected chi connectivity index (χ3v) is 3.99. The van der Waals surface area contributed by atoms with Crippen LogP contribution in [0.25, 0.3) is 0 Å². The monoisotopic (exact) mass is 285 g/mol. The van der Waals surface area contributed by atoms with E-state index in [1.807, 2.05) is 20.8 Å². The van der Waals surface area contributed by atoms with Gasteiger partial charge in [-0.3, -0.25) is 9.48 Å². The highest BCUT2D eigenvalue weighted by Crippen LogP contribution is 2.19. The Balaban J connectivity index is 1.97. The minimum absolute atomic E-state index is 0.0174. The molecule has 2 rings (SSSR count). The zero-order valence-electron chi connectivity index (χ0n) is 11.5. The van der Waals surface area contributed by atoms with Crippen LogP contribution in [0.5, 0.6) is 0 Å². The number of aromatic nitrogens is 2. The third-order valence-electron chi connectivity index (χ3n) is 3.62. The summed E-state index contributed by atoms with van der Waals surface area (Å²) in [5.74, 6) is -0.0640. The van der Waals surface area contributed by atoms with Gasteiger partial charge in [0.05, 0.1) is 29.1 Å². The van der Waals surface area contributed by atoms with E-state index >= 15 is 0 Å². The zero-order valence-corrected chi connectivity index (χ0v) is 12.3. The van der Waals surface area contributed by atoms with Gasteiger partial charge >= 0.3 is 0 Å². The summed E-state index contributed by atoms with van der Waals surface area (Å²) in [5, 5.41) is 7.70. The largest absolute Gasteiger partial charge is 0.376 e. The topological polar surface area (TPSA) is 56.2 Å². The molecule has 1 aliphatic heterocycles. The fraction of sp³-hybridized carbons (Fsp3) is 0.692. The summed E-state index contributed by atoms with van der Waals surface area (Å²) in [4.78, 5) is 12.2. The van der Waals surface area contributed by atoms with Crippen molar-refractivity contribution in [1.29, 1.82) is 0 Å². The summed E-state index contributed by atoms with van der Waals surface area (Å²) in [6.07, 6.45) is 3.75. The van der Waals surface area contributed by atoms with Crippen molar-refractivity contribution in [1.82, 2.24) is 15.1 Å². The highest BCUT2D eigenvalue weighted by molar-refractivity contribution is 6.31. The minimum Gasteiger partial charge on any atom is -0.376 e. The molecule has 1 saturated heterocycles. The van der Waals surface area contributed by atoms with Crippen LogP contribution in [0.3, 0.4) is 0 Å². The molecule has 3 atom stereocenters. The highest BCUT2D eigenvalue weighted by atomic mass is 35.5. The van der Waals surface area contributed by atoms with Gasteiger partial charge in [0.2, 0.25) is 5.91 Å². The fourth-order valence-corrected chi connectivity index (χ4v) is 2.47. The maximum absolute atomic E-state index is 12.2. The van der Waals surface area contributed by atoms with E-state index in [1.165, 1.54) is 0 Å². The molecule has 19 heavy (non-hydrogen) atoms. The van der Waals surface area contributed by atoms with Gasteiger partial charge in [-0.2, -0.15) is 5.10 Å². The number of halogens is 1. The molecule has 0 saturated carbocycles. The molecule has 0 unspecified atom stereocenters. The first-order chi connectivity index (χ1) is 9.00. The van der Waals surface area contributed by atoms with Crippen molar-refractivity contribution in [2.75, 3.05) is 6.61 Å². The van der Waals surface area contributed by atoms with E-state index in [-0.39, 0.29) is 24.1 Å². The lowest BCUT2D eigenvalue weighted by molar-refractivity contribution is -0.125. The maximum Gasteiger partial charge on any atom is 0.244 e. The molecule has 5 nitrogen and oxygen atoms in total. The van der Waals surface area contributed by atoms with Crippen LogP contribution >= 0.6 is 11.6 Å². The van der Waals surface area contributed by atoms with Crippen molar-refractivity contribution in [3.05, 3.63) is 16.9 Å². The second kappa shape index (κ2) is 5.92. The van der Waals surface area contributed by atoms with E-state index in [4.69, 9.17) is 16.3 Å². The number of nitrogens with zero attached hydrogens (tertiary/aromatic N) is 2. The Morgan fingerprint density at radius 3 is 2.89 bits per heavy atom. The van der Waals surface area contributed by atoms with Crippen molar-refractivity contribution in [3.63, 3.8) is 0 Å². The quantitative estimate of drug-likeness (QED) is 0.922. The van der Waals surface area contributed by atoms with Gasteiger partial charge < -0.3 is 10.1 Å². The molecule has 1 fully saturated rings. The third kappa shape index (κ3) is 3.09. The second-order valence-electron chi connectivity index (χ2n) is 5.05. The number of nitrogens with one attached hydrogen (secondary N) is 1. The molecule has 1 amide bonds. The van der Waals surface area contributed by atoms with Gasteiger partial charge in [0.1, 0.15) is 6.04 Å². The lowest BCUT2D eigenvalue weighted by atomic mass is 10.1. The Bertz CT molecular complexity index is 455. The Morgan fingerprint density at radius 1 is 1.63 bits per heavy atom. The molecular formula is C13H20ClN3O2. The van der Waals surface area contributed by atoms with Crippen LogP contribution in [0.15, 0.2) is 6.20 Å². The van der Waals surface area contributed by atoms with E-state index in [0.29, 0.717) is 5.02 Å². The van der Waals surface area contributed by atoms with Gasteiger partial charge in [0, 0.05) is 6.61 Å².